The molecule has 3 N–H and O–H groups in total. The monoisotopic (exact) mass is 255 g/mol. The third-order valence-electron chi connectivity index (χ3n) is 2.25. The van der Waals surface area contributed by atoms with Crippen molar-refractivity contribution in [3.8, 4) is 11.3 Å². The van der Waals surface area contributed by atoms with Crippen LogP contribution in [0.25, 0.3) is 11.3 Å². The van der Waals surface area contributed by atoms with E-state index in [0.29, 0.717) is 16.6 Å². The highest BCUT2D eigenvalue weighted by Gasteiger charge is 2.08. The topological polar surface area (TPSA) is 54.7 Å². The molecule has 0 radical (unpaired) electrons. The maximum Gasteiger partial charge on any atom is 0.0939 e. The lowest BCUT2D eigenvalue weighted by Crippen LogP contribution is -2.02. The molecule has 0 aliphatic carbocycles. The molecular weight excluding hydrogens is 245 g/mol. The largest absolute Gasteiger partial charge is 0.330 e. The van der Waals surface area contributed by atoms with Crippen molar-refractivity contribution in [3.63, 3.8) is 0 Å². The quantitative estimate of drug-likeness (QED) is 0.887. The molecule has 1 aromatic heterocycles. The average Bonchev–Trinajstić information content (AvgIpc) is 2.71. The zero-order valence-corrected chi connectivity index (χ0v) is 10.0. The number of hydrogen-bond donors (Lipinski definition) is 2. The summed E-state index contributed by atoms with van der Waals surface area (Å²) >= 11 is 12.0. The van der Waals surface area contributed by atoms with Crippen molar-refractivity contribution >= 4 is 23.2 Å². The highest BCUT2D eigenvalue weighted by molar-refractivity contribution is 6.35. The van der Waals surface area contributed by atoms with Crippen LogP contribution in [0.15, 0.2) is 24.3 Å². The van der Waals surface area contributed by atoms with Gasteiger partial charge < -0.3 is 5.73 Å². The van der Waals surface area contributed by atoms with Gasteiger partial charge in [0.1, 0.15) is 0 Å². The van der Waals surface area contributed by atoms with Crippen molar-refractivity contribution in [2.24, 2.45) is 5.73 Å². The van der Waals surface area contributed by atoms with Crippen molar-refractivity contribution in [1.82, 2.24) is 10.2 Å². The summed E-state index contributed by atoms with van der Waals surface area (Å²) in [7, 11) is 0. The number of aromatic amines is 1. The fraction of sp³-hybridized carbons (Fsp3) is 0.182. The molecule has 0 spiro atoms. The van der Waals surface area contributed by atoms with E-state index in [2.05, 4.69) is 10.2 Å². The number of benzene rings is 1. The molecular formula is C11H11Cl2N3. The zero-order chi connectivity index (χ0) is 11.5. The summed E-state index contributed by atoms with van der Waals surface area (Å²) in [6, 6.07) is 7.24. The molecule has 2 aromatic rings. The Bertz CT molecular complexity index is 494. The number of rotatable bonds is 3. The Labute approximate surface area is 104 Å². The van der Waals surface area contributed by atoms with Gasteiger partial charge in [-0.1, -0.05) is 23.2 Å². The third-order valence-corrected chi connectivity index (χ3v) is 2.81. The van der Waals surface area contributed by atoms with Gasteiger partial charge in [-0.3, -0.25) is 5.10 Å². The molecule has 0 saturated heterocycles. The van der Waals surface area contributed by atoms with E-state index in [1.54, 1.807) is 18.2 Å². The van der Waals surface area contributed by atoms with Crippen LogP contribution < -0.4 is 5.73 Å². The molecule has 0 amide bonds. The second-order valence-corrected chi connectivity index (χ2v) is 4.28. The van der Waals surface area contributed by atoms with Gasteiger partial charge in [0.25, 0.3) is 0 Å². The molecule has 0 atom stereocenters. The van der Waals surface area contributed by atoms with Crippen LogP contribution in [0.2, 0.25) is 10.0 Å². The summed E-state index contributed by atoms with van der Waals surface area (Å²) in [5.41, 5.74) is 8.08. The van der Waals surface area contributed by atoms with Crippen LogP contribution in [0, 0.1) is 0 Å². The first-order valence-electron chi connectivity index (χ1n) is 4.90. The maximum atomic E-state index is 6.08. The standard InChI is InChI=1S/C11H11Cl2N3/c12-7-1-2-10(13)9(5-7)11-6-8(3-4-14)15-16-11/h1-2,5-6H,3-4,14H2,(H,15,16). The number of aromatic nitrogens is 2. The van der Waals surface area contributed by atoms with Crippen LogP contribution in [0.3, 0.4) is 0 Å². The van der Waals surface area contributed by atoms with Gasteiger partial charge in [0.15, 0.2) is 0 Å². The smallest absolute Gasteiger partial charge is 0.0939 e. The Kier molecular flexibility index (Phi) is 3.49. The van der Waals surface area contributed by atoms with E-state index in [0.717, 1.165) is 23.4 Å². The van der Waals surface area contributed by atoms with Gasteiger partial charge >= 0.3 is 0 Å². The molecule has 0 aliphatic rings. The van der Waals surface area contributed by atoms with Crippen LogP contribution in [0.1, 0.15) is 5.69 Å². The summed E-state index contributed by atoms with van der Waals surface area (Å²) in [4.78, 5) is 0. The van der Waals surface area contributed by atoms with Crippen molar-refractivity contribution in [2.45, 2.75) is 6.42 Å². The van der Waals surface area contributed by atoms with Crippen LogP contribution in [-0.2, 0) is 6.42 Å². The van der Waals surface area contributed by atoms with E-state index >= 15 is 0 Å². The van der Waals surface area contributed by atoms with E-state index < -0.39 is 0 Å². The normalized spacial score (nSPS) is 10.7. The Morgan fingerprint density at radius 3 is 2.81 bits per heavy atom. The first-order chi connectivity index (χ1) is 7.70. The van der Waals surface area contributed by atoms with E-state index in [1.165, 1.54) is 0 Å². The summed E-state index contributed by atoms with van der Waals surface area (Å²) < 4.78 is 0. The maximum absolute atomic E-state index is 6.08. The van der Waals surface area contributed by atoms with Crippen LogP contribution in [0.5, 0.6) is 0 Å². The third kappa shape index (κ3) is 2.38. The number of nitrogens with zero attached hydrogens (tertiary/aromatic N) is 1. The molecule has 5 heteroatoms. The number of nitrogens with one attached hydrogen (secondary N) is 1. The van der Waals surface area contributed by atoms with Gasteiger partial charge in [-0.2, -0.15) is 5.10 Å². The molecule has 2 rings (SSSR count). The van der Waals surface area contributed by atoms with E-state index in [1.807, 2.05) is 6.07 Å². The minimum Gasteiger partial charge on any atom is -0.330 e. The van der Waals surface area contributed by atoms with Crippen molar-refractivity contribution in [1.29, 1.82) is 0 Å². The molecule has 0 aliphatic heterocycles. The summed E-state index contributed by atoms with van der Waals surface area (Å²) in [6.45, 7) is 0.588. The van der Waals surface area contributed by atoms with Crippen LogP contribution in [-0.4, -0.2) is 16.7 Å². The van der Waals surface area contributed by atoms with Gasteiger partial charge in [0, 0.05) is 22.7 Å². The van der Waals surface area contributed by atoms with E-state index in [4.69, 9.17) is 28.9 Å². The van der Waals surface area contributed by atoms with E-state index in [9.17, 15) is 0 Å². The van der Waals surface area contributed by atoms with Crippen LogP contribution in [0.4, 0.5) is 0 Å². The molecule has 0 bridgehead atoms. The number of hydrogen-bond acceptors (Lipinski definition) is 2. The Morgan fingerprint density at radius 2 is 2.06 bits per heavy atom. The molecule has 1 aromatic carbocycles. The first kappa shape index (κ1) is 11.5. The zero-order valence-electron chi connectivity index (χ0n) is 8.50. The second kappa shape index (κ2) is 4.87. The predicted molar refractivity (Wildman–Crippen MR) is 66.8 cm³/mol. The lowest BCUT2D eigenvalue weighted by atomic mass is 10.1. The lowest BCUT2D eigenvalue weighted by molar-refractivity contribution is 0.902. The highest BCUT2D eigenvalue weighted by atomic mass is 35.5. The van der Waals surface area contributed by atoms with Gasteiger partial charge in [0.2, 0.25) is 0 Å². The fourth-order valence-electron chi connectivity index (χ4n) is 1.48. The molecule has 0 saturated carbocycles. The van der Waals surface area contributed by atoms with Crippen LogP contribution >= 0.6 is 23.2 Å². The molecule has 16 heavy (non-hydrogen) atoms. The molecule has 84 valence electrons. The number of halogens is 2. The van der Waals surface area contributed by atoms with Crippen molar-refractivity contribution in [3.05, 3.63) is 40.0 Å². The highest BCUT2D eigenvalue weighted by Crippen LogP contribution is 2.29. The molecule has 1 heterocycles. The summed E-state index contributed by atoms with van der Waals surface area (Å²) in [6.07, 6.45) is 0.769. The summed E-state index contributed by atoms with van der Waals surface area (Å²) in [5.74, 6) is 0. The number of H-pyrrole nitrogens is 1. The van der Waals surface area contributed by atoms with Crippen molar-refractivity contribution in [2.75, 3.05) is 6.54 Å². The SMILES string of the molecule is NCCc1cc(-c2cc(Cl)ccc2Cl)n[nH]1. The minimum absolute atomic E-state index is 0.588. The molecule has 3 nitrogen and oxygen atoms in total. The minimum atomic E-state index is 0.588. The fourth-order valence-corrected chi connectivity index (χ4v) is 1.86. The average molecular weight is 256 g/mol. The van der Waals surface area contributed by atoms with Gasteiger partial charge in [0.05, 0.1) is 10.7 Å². The Balaban J connectivity index is 2.38. The summed E-state index contributed by atoms with van der Waals surface area (Å²) in [5, 5.41) is 8.38. The Morgan fingerprint density at radius 1 is 1.25 bits per heavy atom. The molecule has 0 fully saturated rings. The first-order valence-corrected chi connectivity index (χ1v) is 5.66. The number of nitrogens with two attached hydrogens (primary N) is 1. The predicted octanol–water partition coefficient (Wildman–Crippen LogP) is 2.88. The molecule has 0 unspecified atom stereocenters. The Hall–Kier alpha value is -1.03. The van der Waals surface area contributed by atoms with E-state index in [-0.39, 0.29) is 0 Å². The van der Waals surface area contributed by atoms with Gasteiger partial charge in [-0.25, -0.2) is 0 Å². The van der Waals surface area contributed by atoms with Crippen molar-refractivity contribution < 1.29 is 0 Å². The van der Waals surface area contributed by atoms with Gasteiger partial charge in [-0.05, 0) is 30.8 Å². The second-order valence-electron chi connectivity index (χ2n) is 3.44. The lowest BCUT2D eigenvalue weighted by Gasteiger charge is -2.00. The van der Waals surface area contributed by atoms with Gasteiger partial charge in [-0.15, -0.1) is 0 Å².